The second kappa shape index (κ2) is 11.1. The van der Waals surface area contributed by atoms with Crippen molar-refractivity contribution in [3.05, 3.63) is 18.2 Å². The fourth-order valence-corrected chi connectivity index (χ4v) is 2.48. The van der Waals surface area contributed by atoms with E-state index < -0.39 is 12.5 Å². The summed E-state index contributed by atoms with van der Waals surface area (Å²) in [6, 6.07) is 5.06. The molecule has 1 aromatic carbocycles. The number of rotatable bonds is 12. The van der Waals surface area contributed by atoms with E-state index >= 15 is 0 Å². The average molecular weight is 324 g/mol. The Balaban J connectivity index is 2.63. The highest BCUT2D eigenvalue weighted by Gasteiger charge is 2.14. The Morgan fingerprint density at radius 2 is 1.43 bits per heavy atom. The molecule has 23 heavy (non-hydrogen) atoms. The number of aliphatic hydroxyl groups is 2. The molecule has 1 rings (SSSR count). The third-order valence-electron chi connectivity index (χ3n) is 3.84. The molecule has 5 heteroatoms. The first-order valence-electron chi connectivity index (χ1n) is 8.79. The van der Waals surface area contributed by atoms with Crippen molar-refractivity contribution < 1.29 is 15.3 Å². The smallest absolute Gasteiger partial charge is 0.140 e. The van der Waals surface area contributed by atoms with Crippen molar-refractivity contribution in [3.8, 4) is 5.75 Å². The predicted octanol–water partition coefficient (Wildman–Crippen LogP) is 4.01. The average Bonchev–Trinajstić information content (AvgIpc) is 2.51. The van der Waals surface area contributed by atoms with Crippen molar-refractivity contribution in [2.75, 3.05) is 10.6 Å². The predicted molar refractivity (Wildman–Crippen MR) is 95.6 cm³/mol. The van der Waals surface area contributed by atoms with Gasteiger partial charge in [-0.15, -0.1) is 0 Å². The number of aromatic hydroxyl groups is 1. The summed E-state index contributed by atoms with van der Waals surface area (Å²) in [4.78, 5) is 0. The van der Waals surface area contributed by atoms with E-state index in [9.17, 15) is 15.3 Å². The Hall–Kier alpha value is -1.46. The van der Waals surface area contributed by atoms with Crippen LogP contribution < -0.4 is 10.6 Å². The fraction of sp³-hybridized carbons (Fsp3) is 0.667. The zero-order valence-electron chi connectivity index (χ0n) is 14.4. The van der Waals surface area contributed by atoms with Crippen LogP contribution in [0.3, 0.4) is 0 Å². The topological polar surface area (TPSA) is 84.8 Å². The highest BCUT2D eigenvalue weighted by Crippen LogP contribution is 2.33. The molecule has 2 atom stereocenters. The van der Waals surface area contributed by atoms with Gasteiger partial charge in [-0.1, -0.05) is 45.6 Å². The Morgan fingerprint density at radius 1 is 0.870 bits per heavy atom. The third kappa shape index (κ3) is 7.57. The van der Waals surface area contributed by atoms with Gasteiger partial charge in [0.2, 0.25) is 0 Å². The minimum absolute atomic E-state index is 0.0605. The Kier molecular flexibility index (Phi) is 9.48. The summed E-state index contributed by atoms with van der Waals surface area (Å²) < 4.78 is 0. The van der Waals surface area contributed by atoms with Gasteiger partial charge in [0.05, 0.1) is 5.69 Å². The van der Waals surface area contributed by atoms with Gasteiger partial charge in [0.25, 0.3) is 0 Å². The van der Waals surface area contributed by atoms with Gasteiger partial charge < -0.3 is 26.0 Å². The van der Waals surface area contributed by atoms with Crippen LogP contribution in [0.1, 0.15) is 65.2 Å². The lowest BCUT2D eigenvalue weighted by Gasteiger charge is -2.21. The van der Waals surface area contributed by atoms with E-state index in [1.54, 1.807) is 18.2 Å². The molecule has 1 aromatic rings. The van der Waals surface area contributed by atoms with Crippen molar-refractivity contribution in [3.63, 3.8) is 0 Å². The molecule has 0 saturated carbocycles. The molecule has 0 amide bonds. The maximum atomic E-state index is 10.1. The van der Waals surface area contributed by atoms with Gasteiger partial charge in [-0.2, -0.15) is 0 Å². The molecular weight excluding hydrogens is 292 g/mol. The normalized spacial score (nSPS) is 13.6. The molecule has 0 aliphatic rings. The standard InChI is InChI=1S/C18H32N2O3/c1-3-5-7-12-16(22)19-14-10-9-11-15(21)18(14)20-17(23)13-8-6-4-2/h9-11,16-17,19-23H,3-8,12-13H2,1-2H3. The van der Waals surface area contributed by atoms with Crippen LogP contribution in [0.2, 0.25) is 0 Å². The maximum Gasteiger partial charge on any atom is 0.140 e. The van der Waals surface area contributed by atoms with E-state index in [4.69, 9.17) is 0 Å². The van der Waals surface area contributed by atoms with Gasteiger partial charge in [0.15, 0.2) is 0 Å². The molecule has 0 aromatic heterocycles. The molecule has 0 radical (unpaired) electrons. The molecule has 2 unspecified atom stereocenters. The zero-order valence-corrected chi connectivity index (χ0v) is 14.4. The Morgan fingerprint density at radius 3 is 2.00 bits per heavy atom. The second-order valence-electron chi connectivity index (χ2n) is 6.01. The minimum atomic E-state index is -0.715. The minimum Gasteiger partial charge on any atom is -0.506 e. The Bertz CT molecular complexity index is 440. The van der Waals surface area contributed by atoms with E-state index in [1.807, 2.05) is 0 Å². The molecule has 0 bridgehead atoms. The number of hydrogen-bond donors (Lipinski definition) is 5. The summed E-state index contributed by atoms with van der Waals surface area (Å²) in [5.74, 6) is 0.0605. The van der Waals surface area contributed by atoms with Crippen molar-refractivity contribution in [2.45, 2.75) is 77.7 Å². The SMILES string of the molecule is CCCCCC(O)Nc1cccc(O)c1NC(O)CCCCC. The largest absolute Gasteiger partial charge is 0.506 e. The first kappa shape index (κ1) is 19.6. The van der Waals surface area contributed by atoms with Crippen LogP contribution in [0, 0.1) is 0 Å². The summed E-state index contributed by atoms with van der Waals surface area (Å²) in [5, 5.41) is 36.1. The third-order valence-corrected chi connectivity index (χ3v) is 3.84. The van der Waals surface area contributed by atoms with Gasteiger partial charge in [0, 0.05) is 0 Å². The lowest BCUT2D eigenvalue weighted by Crippen LogP contribution is -2.22. The van der Waals surface area contributed by atoms with Crippen molar-refractivity contribution in [1.82, 2.24) is 0 Å². The van der Waals surface area contributed by atoms with Crippen LogP contribution in [0.5, 0.6) is 5.75 Å². The highest BCUT2D eigenvalue weighted by molar-refractivity contribution is 5.75. The van der Waals surface area contributed by atoms with E-state index in [0.717, 1.165) is 38.5 Å². The summed E-state index contributed by atoms with van der Waals surface area (Å²) >= 11 is 0. The van der Waals surface area contributed by atoms with Crippen LogP contribution in [0.4, 0.5) is 11.4 Å². The van der Waals surface area contributed by atoms with Crippen molar-refractivity contribution >= 4 is 11.4 Å². The number of nitrogens with one attached hydrogen (secondary N) is 2. The monoisotopic (exact) mass is 324 g/mol. The van der Waals surface area contributed by atoms with Crippen LogP contribution in [-0.2, 0) is 0 Å². The molecule has 0 fully saturated rings. The molecule has 0 aliphatic heterocycles. The van der Waals surface area contributed by atoms with Crippen molar-refractivity contribution in [1.29, 1.82) is 0 Å². The summed E-state index contributed by atoms with van der Waals surface area (Å²) in [5.41, 5.74) is 1.04. The van der Waals surface area contributed by atoms with Crippen LogP contribution in [-0.4, -0.2) is 27.8 Å². The number of phenols is 1. The molecule has 5 nitrogen and oxygen atoms in total. The number of phenolic OH excluding ortho intramolecular Hbond substituents is 1. The lowest BCUT2D eigenvalue weighted by molar-refractivity contribution is 0.186. The fourth-order valence-electron chi connectivity index (χ4n) is 2.48. The number of anilines is 2. The first-order valence-corrected chi connectivity index (χ1v) is 8.79. The number of unbranched alkanes of at least 4 members (excludes halogenated alkanes) is 4. The molecular formula is C18H32N2O3. The van der Waals surface area contributed by atoms with Gasteiger partial charge in [-0.05, 0) is 37.8 Å². The maximum absolute atomic E-state index is 10.1. The van der Waals surface area contributed by atoms with Gasteiger partial charge in [0.1, 0.15) is 23.9 Å². The first-order chi connectivity index (χ1) is 11.1. The second-order valence-corrected chi connectivity index (χ2v) is 6.01. The van der Waals surface area contributed by atoms with Gasteiger partial charge in [-0.25, -0.2) is 0 Å². The number of aliphatic hydroxyl groups excluding tert-OH is 2. The highest BCUT2D eigenvalue weighted by atomic mass is 16.3. The molecule has 0 spiro atoms. The quantitative estimate of drug-likeness (QED) is 0.228. The molecule has 0 aliphatic carbocycles. The number of hydrogen-bond acceptors (Lipinski definition) is 5. The van der Waals surface area contributed by atoms with Gasteiger partial charge in [-0.3, -0.25) is 0 Å². The summed E-state index contributed by atoms with van der Waals surface area (Å²) in [6.07, 6.45) is 6.14. The molecule has 132 valence electrons. The summed E-state index contributed by atoms with van der Waals surface area (Å²) in [7, 11) is 0. The lowest BCUT2D eigenvalue weighted by atomic mass is 10.1. The van der Waals surface area contributed by atoms with E-state index in [-0.39, 0.29) is 5.75 Å². The Labute approximate surface area is 139 Å². The molecule has 5 N–H and O–H groups in total. The van der Waals surface area contributed by atoms with Crippen LogP contribution in [0.15, 0.2) is 18.2 Å². The van der Waals surface area contributed by atoms with E-state index in [1.165, 1.54) is 0 Å². The molecule has 0 heterocycles. The van der Waals surface area contributed by atoms with Crippen LogP contribution >= 0.6 is 0 Å². The zero-order chi connectivity index (χ0) is 17.1. The van der Waals surface area contributed by atoms with Gasteiger partial charge >= 0.3 is 0 Å². The number of benzene rings is 1. The van der Waals surface area contributed by atoms with Crippen molar-refractivity contribution in [2.24, 2.45) is 0 Å². The van der Waals surface area contributed by atoms with Crippen LogP contribution in [0.25, 0.3) is 0 Å². The summed E-state index contributed by atoms with van der Waals surface area (Å²) in [6.45, 7) is 4.24. The number of para-hydroxylation sites is 1. The van der Waals surface area contributed by atoms with E-state index in [2.05, 4.69) is 24.5 Å². The molecule has 0 saturated heterocycles. The van der Waals surface area contributed by atoms with E-state index in [0.29, 0.717) is 24.2 Å².